The maximum atomic E-state index is 9.48. The molecule has 1 aliphatic heterocycles. The molecule has 262 valence electrons. The summed E-state index contributed by atoms with van der Waals surface area (Å²) in [6.07, 6.45) is 2.11. The Kier molecular flexibility index (Phi) is 9.01. The van der Waals surface area contributed by atoms with E-state index in [2.05, 4.69) is 193 Å². The zero-order chi connectivity index (χ0) is 36.5. The summed E-state index contributed by atoms with van der Waals surface area (Å²) < 4.78 is 0. The molecule has 3 unspecified atom stereocenters. The van der Waals surface area contributed by atoms with Gasteiger partial charge in [0.05, 0.1) is 23.2 Å². The van der Waals surface area contributed by atoms with Crippen LogP contribution >= 0.6 is 0 Å². The Morgan fingerprint density at radius 3 is 1.67 bits per heavy atom. The van der Waals surface area contributed by atoms with E-state index in [4.69, 9.17) is 0 Å². The van der Waals surface area contributed by atoms with E-state index in [1.165, 1.54) is 50.1 Å². The van der Waals surface area contributed by atoms with Crippen LogP contribution in [0.4, 0.5) is 0 Å². The Balaban J connectivity index is 1.21. The van der Waals surface area contributed by atoms with Crippen molar-refractivity contribution in [2.45, 2.75) is 43.4 Å². The zero-order valence-corrected chi connectivity index (χ0v) is 30.5. The van der Waals surface area contributed by atoms with Gasteiger partial charge in [0.1, 0.15) is 0 Å². The second kappa shape index (κ2) is 14.4. The monoisotopic (exact) mass is 697 g/mol. The number of rotatable bonds is 6. The molecule has 3 heteroatoms. The number of fused-ring (bicyclic) bond motifs is 3. The average Bonchev–Trinajstić information content (AvgIpc) is 3.53. The van der Waals surface area contributed by atoms with Crippen molar-refractivity contribution in [2.75, 3.05) is 0 Å². The molecule has 1 fully saturated rings. The molecule has 7 aromatic carbocycles. The van der Waals surface area contributed by atoms with E-state index in [9.17, 15) is 5.26 Å². The minimum absolute atomic E-state index is 0.0300. The van der Waals surface area contributed by atoms with Crippen molar-refractivity contribution in [1.82, 2.24) is 10.6 Å². The summed E-state index contributed by atoms with van der Waals surface area (Å²) in [6, 6.07) is 68.6. The zero-order valence-electron chi connectivity index (χ0n) is 30.5. The third kappa shape index (κ3) is 5.95. The summed E-state index contributed by atoms with van der Waals surface area (Å²) in [5.74, 6) is 0.386. The summed E-state index contributed by atoms with van der Waals surface area (Å²) >= 11 is 0. The van der Waals surface area contributed by atoms with Gasteiger partial charge in [-0.05, 0) is 98.2 Å². The number of benzene rings is 7. The Labute approximate surface area is 319 Å². The normalized spacial score (nSPS) is 20.1. The standard InChI is InChI=1S/C51H43N3/c1-35-22-31-48(38-14-6-2-7-15-38)53-50(39-16-8-3-9-17-39)54-49(35)41-28-30-45-44-29-27-40(37-25-23-36(34-52)24-26-37)32-46(44)51(47(45)33-41,42-18-10-4-11-19-42)43-20-12-5-13-21-43/h2-21,23-30,32-33,35,48-50,53-54H,22,31H2,1H3/t35-,48?,49?,50?/m1/s1. The number of hydrogen-bond acceptors (Lipinski definition) is 3. The fourth-order valence-corrected chi connectivity index (χ4v) is 9.10. The van der Waals surface area contributed by atoms with Crippen molar-refractivity contribution in [3.8, 4) is 28.3 Å². The number of nitrogens with zero attached hydrogens (tertiary/aromatic N) is 1. The summed E-state index contributed by atoms with van der Waals surface area (Å²) in [7, 11) is 0. The van der Waals surface area contributed by atoms with E-state index in [1.807, 2.05) is 12.1 Å². The number of hydrogen-bond donors (Lipinski definition) is 2. The highest BCUT2D eigenvalue weighted by Gasteiger charge is 2.47. The lowest BCUT2D eigenvalue weighted by Crippen LogP contribution is -2.43. The molecule has 7 aromatic rings. The summed E-state index contributed by atoms with van der Waals surface area (Å²) in [4.78, 5) is 0. The van der Waals surface area contributed by atoms with E-state index in [1.54, 1.807) is 0 Å². The Morgan fingerprint density at radius 1 is 0.519 bits per heavy atom. The highest BCUT2D eigenvalue weighted by atomic mass is 15.2. The molecule has 0 aromatic heterocycles. The van der Waals surface area contributed by atoms with Gasteiger partial charge in [-0.15, -0.1) is 0 Å². The van der Waals surface area contributed by atoms with Crippen molar-refractivity contribution in [3.63, 3.8) is 0 Å². The first-order chi connectivity index (χ1) is 26.6. The molecule has 54 heavy (non-hydrogen) atoms. The van der Waals surface area contributed by atoms with Crippen LogP contribution in [0.15, 0.2) is 182 Å². The van der Waals surface area contributed by atoms with Gasteiger partial charge in [0, 0.05) is 12.1 Å². The van der Waals surface area contributed by atoms with E-state index >= 15 is 0 Å². The van der Waals surface area contributed by atoms with Gasteiger partial charge in [0.2, 0.25) is 0 Å². The van der Waals surface area contributed by atoms with Gasteiger partial charge in [-0.2, -0.15) is 5.26 Å². The highest BCUT2D eigenvalue weighted by Crippen LogP contribution is 2.57. The van der Waals surface area contributed by atoms with Gasteiger partial charge < -0.3 is 0 Å². The summed E-state index contributed by atoms with van der Waals surface area (Å²) in [5, 5.41) is 17.7. The molecule has 0 amide bonds. The first kappa shape index (κ1) is 33.8. The van der Waals surface area contributed by atoms with Crippen molar-refractivity contribution in [3.05, 3.63) is 226 Å². The fourth-order valence-electron chi connectivity index (χ4n) is 9.10. The van der Waals surface area contributed by atoms with Gasteiger partial charge >= 0.3 is 0 Å². The van der Waals surface area contributed by atoms with Crippen molar-refractivity contribution in [2.24, 2.45) is 5.92 Å². The third-order valence-electron chi connectivity index (χ3n) is 11.8. The largest absolute Gasteiger partial charge is 0.291 e. The van der Waals surface area contributed by atoms with Crippen LogP contribution < -0.4 is 10.6 Å². The van der Waals surface area contributed by atoms with Crippen molar-refractivity contribution < 1.29 is 0 Å². The SMILES string of the molecule is C[C@@H]1CCC(c2ccccc2)NC(c2ccccc2)NC1c1ccc2c(c1)C(c1ccccc1)(c1ccccc1)c1cc(-c3ccc(C#N)cc3)ccc1-2. The van der Waals surface area contributed by atoms with Gasteiger partial charge in [-0.25, -0.2) is 0 Å². The van der Waals surface area contributed by atoms with Crippen molar-refractivity contribution in [1.29, 1.82) is 5.26 Å². The predicted octanol–water partition coefficient (Wildman–Crippen LogP) is 11.7. The molecule has 9 rings (SSSR count). The van der Waals surface area contributed by atoms with Crippen LogP contribution in [0.5, 0.6) is 0 Å². The second-order valence-corrected chi connectivity index (χ2v) is 14.9. The quantitative estimate of drug-likeness (QED) is 0.182. The molecule has 1 heterocycles. The molecular formula is C51H43N3. The molecule has 0 radical (unpaired) electrons. The lowest BCUT2D eigenvalue weighted by molar-refractivity contribution is 0.235. The molecule has 3 nitrogen and oxygen atoms in total. The maximum absolute atomic E-state index is 9.48. The van der Waals surface area contributed by atoms with E-state index in [0.717, 1.165) is 24.0 Å². The van der Waals surface area contributed by atoms with Crippen molar-refractivity contribution >= 4 is 0 Å². The highest BCUT2D eigenvalue weighted by molar-refractivity contribution is 5.88. The van der Waals surface area contributed by atoms with Crippen LogP contribution in [0.2, 0.25) is 0 Å². The summed E-state index contributed by atoms with van der Waals surface area (Å²) in [5.41, 5.74) is 13.9. The number of nitrogens with one attached hydrogen (secondary N) is 2. The first-order valence-corrected chi connectivity index (χ1v) is 19.2. The molecule has 0 spiro atoms. The summed E-state index contributed by atoms with van der Waals surface area (Å²) in [6.45, 7) is 2.42. The second-order valence-electron chi connectivity index (χ2n) is 14.9. The lowest BCUT2D eigenvalue weighted by atomic mass is 9.67. The molecule has 2 aliphatic rings. The smallest absolute Gasteiger partial charge is 0.0991 e. The molecule has 1 saturated heterocycles. The van der Waals surface area contributed by atoms with E-state index < -0.39 is 5.41 Å². The Bertz CT molecular complexity index is 2380. The fraction of sp³-hybridized carbons (Fsp3) is 0.157. The molecular weight excluding hydrogens is 655 g/mol. The van der Waals surface area contributed by atoms with Crippen LogP contribution in [-0.4, -0.2) is 0 Å². The Morgan fingerprint density at radius 2 is 1.06 bits per heavy atom. The third-order valence-corrected chi connectivity index (χ3v) is 11.8. The molecule has 1 aliphatic carbocycles. The maximum Gasteiger partial charge on any atom is 0.0991 e. The first-order valence-electron chi connectivity index (χ1n) is 19.2. The Hall–Kier alpha value is -6.05. The van der Waals surface area contributed by atoms with Gasteiger partial charge in [0.15, 0.2) is 0 Å². The number of nitriles is 1. The van der Waals surface area contributed by atoms with Gasteiger partial charge in [-0.3, -0.25) is 10.6 Å². The van der Waals surface area contributed by atoms with Gasteiger partial charge in [0.25, 0.3) is 0 Å². The molecule has 4 atom stereocenters. The molecule has 0 saturated carbocycles. The van der Waals surface area contributed by atoms with E-state index in [-0.39, 0.29) is 18.2 Å². The predicted molar refractivity (Wildman–Crippen MR) is 220 cm³/mol. The van der Waals surface area contributed by atoms with Crippen LogP contribution in [0.25, 0.3) is 22.3 Å². The molecule has 0 bridgehead atoms. The molecule has 2 N–H and O–H groups in total. The van der Waals surface area contributed by atoms with Crippen LogP contribution in [0.1, 0.15) is 82.5 Å². The lowest BCUT2D eigenvalue weighted by Gasteiger charge is -2.38. The minimum Gasteiger partial charge on any atom is -0.291 e. The minimum atomic E-state index is -0.536. The van der Waals surface area contributed by atoms with Crippen LogP contribution in [0, 0.1) is 17.2 Å². The van der Waals surface area contributed by atoms with Gasteiger partial charge in [-0.1, -0.05) is 171 Å². The van der Waals surface area contributed by atoms with Crippen LogP contribution in [0.3, 0.4) is 0 Å². The van der Waals surface area contributed by atoms with Crippen LogP contribution in [-0.2, 0) is 5.41 Å². The topological polar surface area (TPSA) is 47.8 Å². The van der Waals surface area contributed by atoms with E-state index in [0.29, 0.717) is 11.5 Å². The average molecular weight is 698 g/mol.